The summed E-state index contributed by atoms with van der Waals surface area (Å²) in [5.41, 5.74) is 2.18. The van der Waals surface area contributed by atoms with Crippen LogP contribution in [0.4, 0.5) is 13.2 Å². The summed E-state index contributed by atoms with van der Waals surface area (Å²) in [6, 6.07) is 7.36. The Morgan fingerprint density at radius 2 is 2.00 bits per heavy atom. The Balaban J connectivity index is 1.61. The maximum atomic E-state index is 14.1. The van der Waals surface area contributed by atoms with Crippen LogP contribution in [-0.4, -0.2) is 40.1 Å². The van der Waals surface area contributed by atoms with Gasteiger partial charge in [0.2, 0.25) is 0 Å². The molecule has 1 fully saturated rings. The highest BCUT2D eigenvalue weighted by atomic mass is 19.2. The highest BCUT2D eigenvalue weighted by Gasteiger charge is 2.30. The number of aromatic nitrogens is 2. The van der Waals surface area contributed by atoms with E-state index < -0.39 is 23.4 Å². The van der Waals surface area contributed by atoms with Gasteiger partial charge in [0.25, 0.3) is 5.91 Å². The Labute approximate surface area is 188 Å². The number of imidazole rings is 1. The van der Waals surface area contributed by atoms with Crippen molar-refractivity contribution >= 4 is 12.0 Å². The van der Waals surface area contributed by atoms with Crippen LogP contribution in [0.5, 0.6) is 5.75 Å². The fourth-order valence-corrected chi connectivity index (χ4v) is 3.68. The van der Waals surface area contributed by atoms with Gasteiger partial charge in [-0.25, -0.2) is 18.2 Å². The van der Waals surface area contributed by atoms with Crippen molar-refractivity contribution in [2.75, 3.05) is 13.7 Å². The van der Waals surface area contributed by atoms with Crippen molar-refractivity contribution < 1.29 is 27.4 Å². The Morgan fingerprint density at radius 3 is 2.70 bits per heavy atom. The number of nitrogens with zero attached hydrogens (tertiary/aromatic N) is 3. The van der Waals surface area contributed by atoms with E-state index in [0.29, 0.717) is 11.3 Å². The van der Waals surface area contributed by atoms with Crippen LogP contribution in [0.2, 0.25) is 0 Å². The molecule has 2 heterocycles. The third-order valence-corrected chi connectivity index (χ3v) is 5.27. The van der Waals surface area contributed by atoms with E-state index in [0.717, 1.165) is 23.5 Å². The summed E-state index contributed by atoms with van der Waals surface area (Å²) >= 11 is 0. The SMILES string of the molecule is COc1cc(/C=C2\O[C@H](C)CN(Cc3ccc(F)c(F)c3F)C2=O)ccc1-n1cnc(C)c1. The molecule has 1 atom stereocenters. The number of carbonyl (C=O) groups is 1. The Morgan fingerprint density at radius 1 is 1.21 bits per heavy atom. The fraction of sp³-hybridized carbons (Fsp3) is 0.250. The maximum absolute atomic E-state index is 14.1. The van der Waals surface area contributed by atoms with Gasteiger partial charge < -0.3 is 18.9 Å². The lowest BCUT2D eigenvalue weighted by molar-refractivity contribution is -0.139. The molecule has 0 bridgehead atoms. The van der Waals surface area contributed by atoms with Crippen molar-refractivity contribution in [1.29, 1.82) is 0 Å². The topological polar surface area (TPSA) is 56.6 Å². The van der Waals surface area contributed by atoms with E-state index in [1.165, 1.54) is 4.90 Å². The normalized spacial score (nSPS) is 17.4. The van der Waals surface area contributed by atoms with Crippen LogP contribution in [0.15, 0.2) is 48.6 Å². The molecule has 0 unspecified atom stereocenters. The third kappa shape index (κ3) is 4.57. The van der Waals surface area contributed by atoms with Gasteiger partial charge in [-0.1, -0.05) is 12.1 Å². The molecule has 0 N–H and O–H groups in total. The van der Waals surface area contributed by atoms with E-state index in [-0.39, 0.29) is 30.5 Å². The number of rotatable bonds is 5. The van der Waals surface area contributed by atoms with Gasteiger partial charge in [-0.3, -0.25) is 4.79 Å². The van der Waals surface area contributed by atoms with Crippen LogP contribution in [0.1, 0.15) is 23.7 Å². The number of methoxy groups -OCH3 is 1. The first-order chi connectivity index (χ1) is 15.8. The molecule has 0 aliphatic carbocycles. The number of carbonyl (C=O) groups excluding carboxylic acids is 1. The van der Waals surface area contributed by atoms with Crippen molar-refractivity contribution in [3.05, 3.63) is 82.9 Å². The molecule has 1 saturated heterocycles. The average Bonchev–Trinajstić information content (AvgIpc) is 3.23. The minimum Gasteiger partial charge on any atom is -0.495 e. The molecule has 0 saturated carbocycles. The number of benzene rings is 2. The highest BCUT2D eigenvalue weighted by Crippen LogP contribution is 2.28. The first-order valence-corrected chi connectivity index (χ1v) is 10.3. The minimum absolute atomic E-state index is 0.0602. The summed E-state index contributed by atoms with van der Waals surface area (Å²) in [6.45, 7) is 3.61. The molecule has 1 aliphatic heterocycles. The third-order valence-electron chi connectivity index (χ3n) is 5.27. The van der Waals surface area contributed by atoms with Gasteiger partial charge in [0, 0.05) is 18.3 Å². The molecule has 33 heavy (non-hydrogen) atoms. The van der Waals surface area contributed by atoms with Gasteiger partial charge in [-0.2, -0.15) is 0 Å². The van der Waals surface area contributed by atoms with E-state index >= 15 is 0 Å². The predicted molar refractivity (Wildman–Crippen MR) is 115 cm³/mol. The highest BCUT2D eigenvalue weighted by molar-refractivity contribution is 5.96. The fourth-order valence-electron chi connectivity index (χ4n) is 3.68. The summed E-state index contributed by atoms with van der Waals surface area (Å²) in [4.78, 5) is 18.5. The predicted octanol–water partition coefficient (Wildman–Crippen LogP) is 4.40. The van der Waals surface area contributed by atoms with E-state index in [1.54, 1.807) is 38.6 Å². The van der Waals surface area contributed by atoms with E-state index in [1.807, 2.05) is 23.8 Å². The van der Waals surface area contributed by atoms with Crippen LogP contribution < -0.4 is 4.74 Å². The minimum atomic E-state index is -1.56. The lowest BCUT2D eigenvalue weighted by Gasteiger charge is -2.33. The van der Waals surface area contributed by atoms with Crippen LogP contribution in [0, 0.1) is 24.4 Å². The van der Waals surface area contributed by atoms with E-state index in [4.69, 9.17) is 9.47 Å². The van der Waals surface area contributed by atoms with Crippen molar-refractivity contribution in [1.82, 2.24) is 14.5 Å². The number of halogens is 3. The molecule has 0 spiro atoms. The van der Waals surface area contributed by atoms with Crippen molar-refractivity contribution in [3.63, 3.8) is 0 Å². The zero-order chi connectivity index (χ0) is 23.7. The Kier molecular flexibility index (Phi) is 6.13. The van der Waals surface area contributed by atoms with E-state index in [9.17, 15) is 18.0 Å². The number of ether oxygens (including phenoxy) is 2. The molecule has 172 valence electrons. The second kappa shape index (κ2) is 9.01. The number of hydrogen-bond donors (Lipinski definition) is 0. The molecule has 0 radical (unpaired) electrons. The van der Waals surface area contributed by atoms with E-state index in [2.05, 4.69) is 4.98 Å². The second-order valence-electron chi connectivity index (χ2n) is 7.81. The first-order valence-electron chi connectivity index (χ1n) is 10.3. The first kappa shape index (κ1) is 22.4. The van der Waals surface area contributed by atoms with Gasteiger partial charge >= 0.3 is 0 Å². The zero-order valence-corrected chi connectivity index (χ0v) is 18.3. The van der Waals surface area contributed by atoms with Gasteiger partial charge in [0.1, 0.15) is 11.9 Å². The van der Waals surface area contributed by atoms with Gasteiger partial charge in [0.15, 0.2) is 23.2 Å². The summed E-state index contributed by atoms with van der Waals surface area (Å²) in [7, 11) is 1.54. The number of hydrogen-bond acceptors (Lipinski definition) is 4. The Hall–Kier alpha value is -3.75. The average molecular weight is 457 g/mol. The summed E-state index contributed by atoms with van der Waals surface area (Å²) < 4.78 is 54.0. The monoisotopic (exact) mass is 457 g/mol. The van der Waals surface area contributed by atoms with Gasteiger partial charge in [-0.05, 0) is 43.7 Å². The smallest absolute Gasteiger partial charge is 0.289 e. The van der Waals surface area contributed by atoms with Crippen LogP contribution in [0.25, 0.3) is 11.8 Å². The van der Waals surface area contributed by atoms with Crippen molar-refractivity contribution in [3.8, 4) is 11.4 Å². The van der Waals surface area contributed by atoms with Crippen molar-refractivity contribution in [2.24, 2.45) is 0 Å². The molecule has 6 nitrogen and oxygen atoms in total. The molecule has 4 rings (SSSR count). The van der Waals surface area contributed by atoms with Crippen molar-refractivity contribution in [2.45, 2.75) is 26.5 Å². The molecule has 1 amide bonds. The summed E-state index contributed by atoms with van der Waals surface area (Å²) in [5.74, 6) is -3.99. The molecular weight excluding hydrogens is 435 g/mol. The Bertz CT molecular complexity index is 1240. The van der Waals surface area contributed by atoms with Crippen LogP contribution >= 0.6 is 0 Å². The molecular formula is C24H22F3N3O3. The van der Waals surface area contributed by atoms with Gasteiger partial charge in [0.05, 0.1) is 31.4 Å². The second-order valence-corrected chi connectivity index (χ2v) is 7.81. The standard InChI is InChI=1S/C24H22F3N3O3/c1-14-10-30(13-28-14)19-7-4-16(8-20(19)32-3)9-21-24(31)29(11-15(2)33-21)12-17-5-6-18(25)23(27)22(17)26/h4-10,13,15H,11-12H2,1-3H3/b21-9-/t15-/m1/s1. The number of amides is 1. The molecule has 9 heteroatoms. The summed E-state index contributed by atoms with van der Waals surface area (Å²) in [5, 5.41) is 0. The zero-order valence-electron chi connectivity index (χ0n) is 18.3. The molecule has 1 aromatic heterocycles. The van der Waals surface area contributed by atoms with Gasteiger partial charge in [-0.15, -0.1) is 0 Å². The largest absolute Gasteiger partial charge is 0.495 e. The quantitative estimate of drug-likeness (QED) is 0.421. The number of morpholine rings is 1. The lowest BCUT2D eigenvalue weighted by atomic mass is 10.1. The molecule has 1 aliphatic rings. The van der Waals surface area contributed by atoms with Crippen LogP contribution in [-0.2, 0) is 16.1 Å². The maximum Gasteiger partial charge on any atom is 0.289 e. The van der Waals surface area contributed by atoms with Crippen LogP contribution in [0.3, 0.4) is 0 Å². The molecule has 3 aromatic rings. The number of aryl methyl sites for hydroxylation is 1. The molecule has 2 aromatic carbocycles. The lowest BCUT2D eigenvalue weighted by Crippen LogP contribution is -2.43. The summed E-state index contributed by atoms with van der Waals surface area (Å²) in [6.07, 6.45) is 4.73.